The molecule has 9 heteroatoms. The van der Waals surface area contributed by atoms with Crippen LogP contribution in [-0.4, -0.2) is 51.0 Å². The SMILES string of the molecule is CNC(=O)[C@@H](Cc1ccccc1)N(Cc1ccc(C)cc1)C(=O)CN(c1ccccc1Cl)S(C)(=O)=O. The Morgan fingerprint density at radius 3 is 2.11 bits per heavy atom. The van der Waals surface area contributed by atoms with E-state index in [-0.39, 0.29) is 29.6 Å². The van der Waals surface area contributed by atoms with E-state index in [1.165, 1.54) is 11.9 Å². The van der Waals surface area contributed by atoms with E-state index in [1.54, 1.807) is 24.3 Å². The summed E-state index contributed by atoms with van der Waals surface area (Å²) in [5.74, 6) is -0.867. The molecule has 7 nitrogen and oxygen atoms in total. The van der Waals surface area contributed by atoms with Gasteiger partial charge in [0.1, 0.15) is 12.6 Å². The number of anilines is 1. The van der Waals surface area contributed by atoms with Crippen LogP contribution in [0.25, 0.3) is 0 Å². The van der Waals surface area contributed by atoms with Crippen molar-refractivity contribution in [2.24, 2.45) is 0 Å². The number of aryl methyl sites for hydroxylation is 1. The van der Waals surface area contributed by atoms with Crippen molar-refractivity contribution in [1.29, 1.82) is 0 Å². The van der Waals surface area contributed by atoms with Gasteiger partial charge in [0.15, 0.2) is 0 Å². The van der Waals surface area contributed by atoms with E-state index in [0.29, 0.717) is 0 Å². The number of benzene rings is 3. The van der Waals surface area contributed by atoms with Gasteiger partial charge < -0.3 is 10.2 Å². The molecule has 2 amide bonds. The number of para-hydroxylation sites is 1. The van der Waals surface area contributed by atoms with Gasteiger partial charge in [0.25, 0.3) is 0 Å². The Kier molecular flexibility index (Phi) is 9.12. The predicted octanol–water partition coefficient (Wildman–Crippen LogP) is 3.80. The van der Waals surface area contributed by atoms with Crippen molar-refractivity contribution in [3.63, 3.8) is 0 Å². The van der Waals surface area contributed by atoms with Crippen LogP contribution in [0.5, 0.6) is 0 Å². The number of likely N-dealkylation sites (N-methyl/N-ethyl adjacent to an activating group) is 1. The van der Waals surface area contributed by atoms with Crippen molar-refractivity contribution in [3.8, 4) is 0 Å². The van der Waals surface area contributed by atoms with E-state index in [9.17, 15) is 18.0 Å². The fraction of sp³-hybridized carbons (Fsp3) is 0.259. The summed E-state index contributed by atoms with van der Waals surface area (Å²) in [6, 6.07) is 22.6. The van der Waals surface area contributed by atoms with Crippen LogP contribution in [0.15, 0.2) is 78.9 Å². The third-order valence-electron chi connectivity index (χ3n) is 5.79. The van der Waals surface area contributed by atoms with Crippen molar-refractivity contribution in [2.45, 2.75) is 25.9 Å². The zero-order valence-electron chi connectivity index (χ0n) is 20.5. The summed E-state index contributed by atoms with van der Waals surface area (Å²) in [6.45, 7) is 1.59. The number of amides is 2. The maximum Gasteiger partial charge on any atom is 0.244 e. The minimum Gasteiger partial charge on any atom is -0.357 e. The molecule has 3 rings (SSSR count). The van der Waals surface area contributed by atoms with E-state index >= 15 is 0 Å². The number of carbonyl (C=O) groups excluding carboxylic acids is 2. The Bertz CT molecular complexity index is 1300. The number of nitrogens with one attached hydrogen (secondary N) is 1. The Hall–Kier alpha value is -3.36. The van der Waals surface area contributed by atoms with Gasteiger partial charge >= 0.3 is 0 Å². The van der Waals surface area contributed by atoms with Crippen molar-refractivity contribution in [3.05, 3.63) is 101 Å². The molecule has 0 aliphatic heterocycles. The molecule has 3 aromatic rings. The summed E-state index contributed by atoms with van der Waals surface area (Å²) in [7, 11) is -2.34. The molecule has 36 heavy (non-hydrogen) atoms. The monoisotopic (exact) mass is 527 g/mol. The second-order valence-electron chi connectivity index (χ2n) is 8.55. The van der Waals surface area contributed by atoms with Crippen LogP contribution < -0.4 is 9.62 Å². The van der Waals surface area contributed by atoms with E-state index in [0.717, 1.165) is 27.3 Å². The minimum atomic E-state index is -3.86. The van der Waals surface area contributed by atoms with Gasteiger partial charge in [-0.05, 0) is 30.2 Å². The number of halogens is 1. The topological polar surface area (TPSA) is 86.8 Å². The fourth-order valence-electron chi connectivity index (χ4n) is 3.86. The standard InChI is InChI=1S/C27H30ClN3O4S/c1-20-13-15-22(16-14-20)18-30(25(27(33)29-2)17-21-9-5-4-6-10-21)26(32)19-31(36(3,34)35)24-12-8-7-11-23(24)28/h4-16,25H,17-19H2,1-3H3,(H,29,33)/t25-/m1/s1. The predicted molar refractivity (Wildman–Crippen MR) is 143 cm³/mol. The molecule has 0 saturated carbocycles. The van der Waals surface area contributed by atoms with E-state index in [4.69, 9.17) is 11.6 Å². The lowest BCUT2D eigenvalue weighted by Crippen LogP contribution is -2.52. The van der Waals surface area contributed by atoms with Crippen LogP contribution >= 0.6 is 11.6 Å². The summed E-state index contributed by atoms with van der Waals surface area (Å²) < 4.78 is 26.4. The maximum atomic E-state index is 13.8. The third kappa shape index (κ3) is 7.08. The smallest absolute Gasteiger partial charge is 0.244 e. The molecule has 0 fully saturated rings. The summed E-state index contributed by atoms with van der Waals surface area (Å²) in [5, 5.41) is 2.86. The van der Waals surface area contributed by atoms with Crippen LogP contribution in [0.4, 0.5) is 5.69 Å². The highest BCUT2D eigenvalue weighted by Crippen LogP contribution is 2.27. The lowest BCUT2D eigenvalue weighted by molar-refractivity contribution is -0.139. The quantitative estimate of drug-likeness (QED) is 0.434. The Morgan fingerprint density at radius 2 is 1.53 bits per heavy atom. The molecule has 3 aromatic carbocycles. The molecule has 190 valence electrons. The zero-order valence-corrected chi connectivity index (χ0v) is 22.1. The number of nitrogens with zero attached hydrogens (tertiary/aromatic N) is 2. The van der Waals surface area contributed by atoms with Crippen LogP contribution in [-0.2, 0) is 32.6 Å². The normalized spacial score (nSPS) is 12.0. The summed E-state index contributed by atoms with van der Waals surface area (Å²) in [4.78, 5) is 28.3. The average molecular weight is 528 g/mol. The van der Waals surface area contributed by atoms with Crippen molar-refractivity contribution in [2.75, 3.05) is 24.2 Å². The molecule has 0 spiro atoms. The van der Waals surface area contributed by atoms with Crippen molar-refractivity contribution >= 4 is 39.1 Å². The van der Waals surface area contributed by atoms with Gasteiger partial charge in [0.05, 0.1) is 17.0 Å². The molecule has 0 aromatic heterocycles. The molecule has 0 aliphatic carbocycles. The first-order chi connectivity index (χ1) is 17.1. The summed E-state index contributed by atoms with van der Waals surface area (Å²) in [5.41, 5.74) is 2.95. The number of sulfonamides is 1. The Morgan fingerprint density at radius 1 is 0.917 bits per heavy atom. The van der Waals surface area contributed by atoms with Crippen LogP contribution in [0.1, 0.15) is 16.7 Å². The third-order valence-corrected chi connectivity index (χ3v) is 7.24. The number of rotatable bonds is 10. The van der Waals surface area contributed by atoms with Crippen molar-refractivity contribution < 1.29 is 18.0 Å². The lowest BCUT2D eigenvalue weighted by Gasteiger charge is -2.33. The van der Waals surface area contributed by atoms with E-state index < -0.39 is 28.5 Å². The second-order valence-corrected chi connectivity index (χ2v) is 10.9. The van der Waals surface area contributed by atoms with Gasteiger partial charge in [-0.3, -0.25) is 13.9 Å². The molecule has 0 radical (unpaired) electrons. The number of hydrogen-bond acceptors (Lipinski definition) is 4. The Labute approximate surface area is 217 Å². The second kappa shape index (κ2) is 12.1. The lowest BCUT2D eigenvalue weighted by atomic mass is 10.0. The van der Waals surface area contributed by atoms with Crippen LogP contribution in [0.3, 0.4) is 0 Å². The zero-order chi connectivity index (χ0) is 26.3. The van der Waals surface area contributed by atoms with Gasteiger partial charge in [-0.25, -0.2) is 8.42 Å². The Balaban J connectivity index is 2.03. The highest BCUT2D eigenvalue weighted by molar-refractivity contribution is 7.92. The molecule has 0 heterocycles. The van der Waals surface area contributed by atoms with Crippen molar-refractivity contribution in [1.82, 2.24) is 10.2 Å². The van der Waals surface area contributed by atoms with Crippen LogP contribution in [0, 0.1) is 6.92 Å². The van der Waals surface area contributed by atoms with Crippen LogP contribution in [0.2, 0.25) is 5.02 Å². The first-order valence-corrected chi connectivity index (χ1v) is 13.7. The van der Waals surface area contributed by atoms with Gasteiger partial charge in [-0.15, -0.1) is 0 Å². The highest BCUT2D eigenvalue weighted by atomic mass is 35.5. The average Bonchev–Trinajstić information content (AvgIpc) is 2.85. The first kappa shape index (κ1) is 27.2. The van der Waals surface area contributed by atoms with Gasteiger partial charge in [-0.2, -0.15) is 0 Å². The molecular weight excluding hydrogens is 498 g/mol. The largest absolute Gasteiger partial charge is 0.357 e. The van der Waals surface area contributed by atoms with Gasteiger partial charge in [0, 0.05) is 20.0 Å². The molecule has 1 N–H and O–H groups in total. The maximum absolute atomic E-state index is 13.8. The molecule has 0 aliphatic rings. The first-order valence-electron chi connectivity index (χ1n) is 11.4. The van der Waals surface area contributed by atoms with Gasteiger partial charge in [0.2, 0.25) is 21.8 Å². The molecule has 0 saturated heterocycles. The highest BCUT2D eigenvalue weighted by Gasteiger charge is 2.33. The number of hydrogen-bond donors (Lipinski definition) is 1. The summed E-state index contributed by atoms with van der Waals surface area (Å²) >= 11 is 6.28. The number of carbonyl (C=O) groups is 2. The minimum absolute atomic E-state index is 0.129. The van der Waals surface area contributed by atoms with Gasteiger partial charge in [-0.1, -0.05) is 83.9 Å². The molecular formula is C27H30ClN3O4S. The molecule has 0 unspecified atom stereocenters. The molecule has 1 atom stereocenters. The molecule has 0 bridgehead atoms. The summed E-state index contributed by atoms with van der Waals surface area (Å²) in [6.07, 6.45) is 1.29. The van der Waals surface area contributed by atoms with E-state index in [1.807, 2.05) is 61.5 Å². The fourth-order valence-corrected chi connectivity index (χ4v) is 5.01. The van der Waals surface area contributed by atoms with E-state index in [2.05, 4.69) is 5.32 Å².